The molecule has 3 aromatic rings. The van der Waals surface area contributed by atoms with E-state index < -0.39 is 11.7 Å². The van der Waals surface area contributed by atoms with Gasteiger partial charge in [0, 0.05) is 16.2 Å². The van der Waals surface area contributed by atoms with Crippen molar-refractivity contribution < 1.29 is 9.36 Å². The van der Waals surface area contributed by atoms with Gasteiger partial charge in [0.25, 0.3) is 0 Å². The van der Waals surface area contributed by atoms with Crippen molar-refractivity contribution in [2.24, 2.45) is 0 Å². The van der Waals surface area contributed by atoms with Gasteiger partial charge in [0.05, 0.1) is 0 Å². The largest absolute Gasteiger partial charge is 0.312 e. The Morgan fingerprint density at radius 3 is 1.50 bits per heavy atom. The van der Waals surface area contributed by atoms with Crippen molar-refractivity contribution in [3.8, 4) is 0 Å². The van der Waals surface area contributed by atoms with Crippen molar-refractivity contribution >= 4 is 39.5 Å². The van der Waals surface area contributed by atoms with E-state index in [4.69, 9.17) is 0 Å². The smallest absolute Gasteiger partial charge is 0.184 e. The zero-order valence-corrected chi connectivity index (χ0v) is 15.4. The maximum absolute atomic E-state index is 14.1. The summed E-state index contributed by atoms with van der Waals surface area (Å²) < 4.78 is 13.3. The van der Waals surface area contributed by atoms with E-state index in [0.29, 0.717) is 16.2 Å². The third kappa shape index (κ3) is 3.15. The fraction of sp³-hybridized carbons (Fsp3) is 0.0500. The minimum absolute atomic E-state index is 0.174. The highest BCUT2D eigenvalue weighted by molar-refractivity contribution is 9.11. The van der Waals surface area contributed by atoms with Crippen LogP contribution in [0.5, 0.6) is 0 Å². The van der Waals surface area contributed by atoms with Gasteiger partial charge in [0.2, 0.25) is 0 Å². The Bertz CT molecular complexity index is 820. The average Bonchev–Trinajstić information content (AvgIpc) is 2.68. The highest BCUT2D eigenvalue weighted by atomic mass is 79.9. The molecule has 0 aliphatic rings. The first-order chi connectivity index (χ1) is 11.6. The molecule has 1 unspecified atom stereocenters. The van der Waals surface area contributed by atoms with E-state index in [1.54, 1.807) is 12.1 Å². The van der Waals surface area contributed by atoms with Crippen molar-refractivity contribution in [3.05, 3.63) is 96.6 Å². The minimum Gasteiger partial charge on any atom is -0.312 e. The van der Waals surface area contributed by atoms with Crippen LogP contribution in [0, 0.1) is 0 Å². The Hall–Kier alpha value is -1.96. The highest BCUT2D eigenvalue weighted by Crippen LogP contribution is 2.52. The van der Waals surface area contributed by atoms with Gasteiger partial charge < -0.3 is 4.57 Å². The lowest BCUT2D eigenvalue weighted by atomic mass is 10.2. The van der Waals surface area contributed by atoms with Gasteiger partial charge in [0.15, 0.2) is 12.9 Å². The van der Waals surface area contributed by atoms with Crippen LogP contribution in [0.4, 0.5) is 0 Å². The number of ketones is 1. The van der Waals surface area contributed by atoms with Crippen LogP contribution in [0.25, 0.3) is 0 Å². The summed E-state index contributed by atoms with van der Waals surface area (Å²) in [5.74, 6) is -0.174. The number of hydrogen-bond donors (Lipinski definition) is 0. The van der Waals surface area contributed by atoms with E-state index in [-0.39, 0.29) is 5.78 Å². The molecule has 0 spiro atoms. The lowest BCUT2D eigenvalue weighted by Crippen LogP contribution is -2.27. The highest BCUT2D eigenvalue weighted by Gasteiger charge is 2.39. The fourth-order valence-electron chi connectivity index (χ4n) is 2.61. The van der Waals surface area contributed by atoms with Gasteiger partial charge in [-0.15, -0.1) is 0 Å². The molecule has 0 saturated heterocycles. The Balaban J connectivity index is 2.12. The number of carbonyl (C=O) groups is 1. The minimum atomic E-state index is -3.17. The van der Waals surface area contributed by atoms with E-state index >= 15 is 0 Å². The Kier molecular flexibility index (Phi) is 5.13. The van der Waals surface area contributed by atoms with E-state index in [2.05, 4.69) is 15.9 Å². The lowest BCUT2D eigenvalue weighted by Gasteiger charge is -2.24. The molecule has 0 amide bonds. The molecule has 24 heavy (non-hydrogen) atoms. The normalized spacial score (nSPS) is 12.5. The first-order valence-electron chi connectivity index (χ1n) is 7.58. The zero-order valence-electron chi connectivity index (χ0n) is 12.9. The Morgan fingerprint density at radius 1 is 0.708 bits per heavy atom. The summed E-state index contributed by atoms with van der Waals surface area (Å²) in [4.78, 5) is 12.9. The van der Waals surface area contributed by atoms with E-state index in [0.717, 1.165) is 0 Å². The summed E-state index contributed by atoms with van der Waals surface area (Å²) in [6.07, 6.45) is 0. The van der Waals surface area contributed by atoms with Gasteiger partial charge in [-0.3, -0.25) is 4.79 Å². The average molecular weight is 399 g/mol. The number of alkyl halides is 1. The number of halogens is 1. The van der Waals surface area contributed by atoms with Crippen molar-refractivity contribution in [1.29, 1.82) is 0 Å². The number of hydrogen-bond acceptors (Lipinski definition) is 2. The first-order valence-corrected chi connectivity index (χ1v) is 10.3. The number of rotatable bonds is 5. The van der Waals surface area contributed by atoms with E-state index in [1.165, 1.54) is 0 Å². The van der Waals surface area contributed by atoms with Crippen LogP contribution in [-0.2, 0) is 4.57 Å². The van der Waals surface area contributed by atoms with Crippen LogP contribution in [-0.4, -0.2) is 10.4 Å². The molecule has 0 aliphatic heterocycles. The van der Waals surface area contributed by atoms with Gasteiger partial charge >= 0.3 is 0 Å². The standard InChI is InChI=1S/C20H16BrO2P/c21-20(19(22)16-10-4-1-5-11-16)24(23,17-12-6-2-7-13-17)18-14-8-3-9-15-18/h1-15,20H. The monoisotopic (exact) mass is 398 g/mol. The zero-order chi connectivity index (χ0) is 17.0. The molecule has 0 aliphatic carbocycles. The van der Waals surface area contributed by atoms with Crippen molar-refractivity contribution in [2.45, 2.75) is 4.57 Å². The molecule has 0 heterocycles. The molecule has 2 nitrogen and oxygen atoms in total. The van der Waals surface area contributed by atoms with Crippen LogP contribution in [0.1, 0.15) is 10.4 Å². The van der Waals surface area contributed by atoms with Gasteiger partial charge in [-0.25, -0.2) is 0 Å². The molecule has 0 bridgehead atoms. The number of Topliss-reactive ketones (excluding diaryl/α,β-unsaturated/α-hetero) is 1. The maximum Gasteiger partial charge on any atom is 0.184 e. The van der Waals surface area contributed by atoms with Crippen molar-refractivity contribution in [1.82, 2.24) is 0 Å². The van der Waals surface area contributed by atoms with Crippen LogP contribution < -0.4 is 10.6 Å². The summed E-state index contributed by atoms with van der Waals surface area (Å²) in [5.41, 5.74) is 0.548. The summed E-state index contributed by atoms with van der Waals surface area (Å²) in [7, 11) is -3.17. The van der Waals surface area contributed by atoms with Crippen molar-refractivity contribution in [3.63, 3.8) is 0 Å². The van der Waals surface area contributed by atoms with Gasteiger partial charge in [-0.2, -0.15) is 0 Å². The molecule has 3 rings (SSSR count). The second kappa shape index (κ2) is 7.29. The molecular formula is C20H16BrO2P. The lowest BCUT2D eigenvalue weighted by molar-refractivity contribution is 0.101. The van der Waals surface area contributed by atoms with Gasteiger partial charge in [-0.1, -0.05) is 107 Å². The summed E-state index contributed by atoms with van der Waals surface area (Å²) in [6, 6.07) is 27.4. The van der Waals surface area contributed by atoms with Gasteiger partial charge in [0.1, 0.15) is 4.57 Å². The molecule has 3 aromatic carbocycles. The van der Waals surface area contributed by atoms with Crippen LogP contribution >= 0.6 is 23.1 Å². The van der Waals surface area contributed by atoms with Gasteiger partial charge in [-0.05, 0) is 0 Å². The Labute approximate surface area is 150 Å². The molecule has 4 heteroatoms. The number of carbonyl (C=O) groups excluding carboxylic acids is 1. The molecule has 120 valence electrons. The van der Waals surface area contributed by atoms with E-state index in [9.17, 15) is 9.36 Å². The molecule has 0 saturated carbocycles. The fourth-order valence-corrected chi connectivity index (χ4v) is 6.83. The summed E-state index contributed by atoms with van der Waals surface area (Å²) in [5, 5.41) is 1.34. The maximum atomic E-state index is 14.1. The molecule has 1 atom stereocenters. The van der Waals surface area contributed by atoms with Crippen LogP contribution in [0.15, 0.2) is 91.0 Å². The predicted octanol–water partition coefficient (Wildman–Crippen LogP) is 4.60. The predicted molar refractivity (Wildman–Crippen MR) is 103 cm³/mol. The third-order valence-electron chi connectivity index (χ3n) is 3.87. The quantitative estimate of drug-likeness (QED) is 0.357. The van der Waals surface area contributed by atoms with E-state index in [1.807, 2.05) is 78.9 Å². The van der Waals surface area contributed by atoms with Crippen LogP contribution in [0.2, 0.25) is 0 Å². The molecule has 0 aromatic heterocycles. The summed E-state index contributed by atoms with van der Waals surface area (Å²) >= 11 is 3.46. The SMILES string of the molecule is O=C(c1ccccc1)C(Br)P(=O)(c1ccccc1)c1ccccc1. The molecule has 0 fully saturated rings. The Morgan fingerprint density at radius 2 is 1.08 bits per heavy atom. The first kappa shape index (κ1) is 16.9. The summed E-state index contributed by atoms with van der Waals surface area (Å²) in [6.45, 7) is 0. The second-order valence-electron chi connectivity index (χ2n) is 5.40. The third-order valence-corrected chi connectivity index (χ3v) is 9.02. The second-order valence-corrected chi connectivity index (χ2v) is 9.88. The molecule has 0 N–H and O–H groups in total. The number of benzene rings is 3. The molecular weight excluding hydrogens is 383 g/mol. The molecule has 0 radical (unpaired) electrons. The van der Waals surface area contributed by atoms with Crippen molar-refractivity contribution in [2.75, 3.05) is 0 Å². The van der Waals surface area contributed by atoms with Crippen LogP contribution in [0.3, 0.4) is 0 Å². The topological polar surface area (TPSA) is 34.1 Å².